The molecule has 6 atom stereocenters. The minimum Gasteiger partial charge on any atom is -0.477 e. The Kier molecular flexibility index (Phi) is 5.61. The summed E-state index contributed by atoms with van der Waals surface area (Å²) in [5.74, 6) is -5.17. The van der Waals surface area contributed by atoms with Gasteiger partial charge in [-0.25, -0.2) is 4.79 Å². The Morgan fingerprint density at radius 2 is 2.00 bits per heavy atom. The van der Waals surface area contributed by atoms with Gasteiger partial charge in [-0.3, -0.25) is 4.79 Å². The number of ether oxygens (including phenoxy) is 1. The molecule has 0 unspecified atom stereocenters. The first-order valence-electron chi connectivity index (χ1n) is 6.18. The Morgan fingerprint density at radius 1 is 1.43 bits per heavy atom. The highest BCUT2D eigenvalue weighted by Crippen LogP contribution is 2.30. The van der Waals surface area contributed by atoms with Crippen LogP contribution in [-0.4, -0.2) is 85.4 Å². The number of nitrogens with one attached hydrogen (secondary N) is 1. The van der Waals surface area contributed by atoms with Gasteiger partial charge in [0.2, 0.25) is 5.91 Å². The summed E-state index contributed by atoms with van der Waals surface area (Å²) in [6.07, 6.45) is -7.48. The highest BCUT2D eigenvalue weighted by molar-refractivity contribution is 5.76. The summed E-state index contributed by atoms with van der Waals surface area (Å²) in [6, 6.07) is -1.27. The monoisotopic (exact) mass is 309 g/mol. The number of aliphatic carboxylic acids is 1. The Morgan fingerprint density at radius 3 is 2.43 bits per heavy atom. The van der Waals surface area contributed by atoms with Crippen molar-refractivity contribution in [2.45, 2.75) is 49.6 Å². The van der Waals surface area contributed by atoms with Gasteiger partial charge in [0.05, 0.1) is 18.8 Å². The maximum atomic E-state index is 11.1. The van der Waals surface area contributed by atoms with E-state index in [0.717, 1.165) is 6.92 Å². The van der Waals surface area contributed by atoms with E-state index >= 15 is 0 Å². The van der Waals surface area contributed by atoms with Gasteiger partial charge in [-0.2, -0.15) is 0 Å². The van der Waals surface area contributed by atoms with E-state index in [1.165, 1.54) is 0 Å². The molecular formula is C11H19NO9. The summed E-state index contributed by atoms with van der Waals surface area (Å²) < 4.78 is 4.86. The van der Waals surface area contributed by atoms with Gasteiger partial charge >= 0.3 is 5.97 Å². The summed E-state index contributed by atoms with van der Waals surface area (Å²) in [7, 11) is 0. The summed E-state index contributed by atoms with van der Waals surface area (Å²) in [6.45, 7) is 0.256. The van der Waals surface area contributed by atoms with E-state index < -0.39 is 61.1 Å². The molecule has 0 saturated carbocycles. The maximum absolute atomic E-state index is 11.1. The van der Waals surface area contributed by atoms with Crippen molar-refractivity contribution in [2.24, 2.45) is 0 Å². The number of carboxylic acid groups (broad SMARTS) is 1. The lowest BCUT2D eigenvalue weighted by molar-refractivity contribution is -0.295. The number of aliphatic hydroxyl groups is 5. The van der Waals surface area contributed by atoms with E-state index in [9.17, 15) is 30.0 Å². The largest absolute Gasteiger partial charge is 0.477 e. The molecule has 1 rings (SSSR count). The SMILES string of the molecule is CC(=O)N[C@@H]1[C@H]([C@H](O)[C@H](O)CO)O[C@@](O)(C(=O)O)C[C@@H]1O. The second-order valence-electron chi connectivity index (χ2n) is 4.91. The minimum atomic E-state index is -2.78. The van der Waals surface area contributed by atoms with E-state index in [2.05, 4.69) is 5.32 Å². The topological polar surface area (TPSA) is 177 Å². The number of hydrogen-bond donors (Lipinski definition) is 7. The number of carbonyl (C=O) groups is 2. The van der Waals surface area contributed by atoms with Crippen LogP contribution >= 0.6 is 0 Å². The van der Waals surface area contributed by atoms with Crippen LogP contribution in [0.15, 0.2) is 0 Å². The van der Waals surface area contributed by atoms with Crippen molar-refractivity contribution in [2.75, 3.05) is 6.61 Å². The van der Waals surface area contributed by atoms with Gasteiger partial charge in [0.25, 0.3) is 5.79 Å². The van der Waals surface area contributed by atoms with Gasteiger partial charge in [-0.15, -0.1) is 0 Å². The van der Waals surface area contributed by atoms with Crippen LogP contribution in [0.4, 0.5) is 0 Å². The summed E-state index contributed by atoms with van der Waals surface area (Å²) in [4.78, 5) is 22.1. The van der Waals surface area contributed by atoms with Crippen molar-refractivity contribution < 1.29 is 45.0 Å². The Balaban J connectivity index is 3.07. The second kappa shape index (κ2) is 6.64. The highest BCUT2D eigenvalue weighted by Gasteiger charge is 2.53. The zero-order valence-corrected chi connectivity index (χ0v) is 11.2. The third kappa shape index (κ3) is 3.87. The zero-order chi connectivity index (χ0) is 16.4. The van der Waals surface area contributed by atoms with E-state index in [1.54, 1.807) is 0 Å². The summed E-state index contributed by atoms with van der Waals surface area (Å²) >= 11 is 0. The molecular weight excluding hydrogens is 290 g/mol. The van der Waals surface area contributed by atoms with Gasteiger partial charge in [0, 0.05) is 13.3 Å². The molecule has 0 aliphatic carbocycles. The van der Waals surface area contributed by atoms with Gasteiger partial charge in [0.15, 0.2) is 0 Å². The van der Waals surface area contributed by atoms with Crippen molar-refractivity contribution in [1.29, 1.82) is 0 Å². The predicted molar refractivity (Wildman–Crippen MR) is 64.8 cm³/mol. The van der Waals surface area contributed by atoms with Crippen molar-refractivity contribution in [1.82, 2.24) is 5.32 Å². The zero-order valence-electron chi connectivity index (χ0n) is 11.2. The van der Waals surface area contributed by atoms with Crippen LogP contribution in [0.25, 0.3) is 0 Å². The number of hydrogen-bond acceptors (Lipinski definition) is 8. The standard InChI is InChI=1S/C11H19NO9/c1-4(14)12-7-5(15)2-11(20,10(18)19)21-9(7)8(17)6(16)3-13/h5-9,13,15-17,20H,2-3H2,1H3,(H,12,14)(H,18,19)/t5-,6+,7-,8+,9+,11+/m0/s1. The molecule has 10 heteroatoms. The quantitative estimate of drug-likeness (QED) is 0.268. The third-order valence-electron chi connectivity index (χ3n) is 3.21. The van der Waals surface area contributed by atoms with Gasteiger partial charge in [0.1, 0.15) is 18.3 Å². The molecule has 1 heterocycles. The molecule has 0 aromatic heterocycles. The first-order chi connectivity index (χ1) is 9.62. The van der Waals surface area contributed by atoms with E-state index in [4.69, 9.17) is 14.9 Å². The van der Waals surface area contributed by atoms with Crippen LogP contribution in [0.3, 0.4) is 0 Å². The van der Waals surface area contributed by atoms with Crippen molar-refractivity contribution in [3.05, 3.63) is 0 Å². The fourth-order valence-corrected chi connectivity index (χ4v) is 2.14. The van der Waals surface area contributed by atoms with Crippen molar-refractivity contribution in [3.8, 4) is 0 Å². The van der Waals surface area contributed by atoms with E-state index in [-0.39, 0.29) is 0 Å². The average Bonchev–Trinajstić information content (AvgIpc) is 2.39. The lowest BCUT2D eigenvalue weighted by atomic mass is 9.88. The van der Waals surface area contributed by atoms with Crippen LogP contribution < -0.4 is 5.32 Å². The summed E-state index contributed by atoms with van der Waals surface area (Å²) in [5.41, 5.74) is 0. The Hall–Kier alpha value is -1.30. The minimum absolute atomic E-state index is 0.598. The third-order valence-corrected chi connectivity index (χ3v) is 3.21. The molecule has 1 aliphatic heterocycles. The van der Waals surface area contributed by atoms with Crippen LogP contribution in [0.2, 0.25) is 0 Å². The fourth-order valence-electron chi connectivity index (χ4n) is 2.14. The second-order valence-corrected chi connectivity index (χ2v) is 4.91. The van der Waals surface area contributed by atoms with Crippen LogP contribution in [-0.2, 0) is 14.3 Å². The van der Waals surface area contributed by atoms with Crippen LogP contribution in [0.1, 0.15) is 13.3 Å². The lowest BCUT2D eigenvalue weighted by Gasteiger charge is -2.44. The van der Waals surface area contributed by atoms with E-state index in [1.807, 2.05) is 0 Å². The average molecular weight is 309 g/mol. The van der Waals surface area contributed by atoms with Crippen LogP contribution in [0.5, 0.6) is 0 Å². The first kappa shape index (κ1) is 17.8. The van der Waals surface area contributed by atoms with Crippen molar-refractivity contribution >= 4 is 11.9 Å². The fraction of sp³-hybridized carbons (Fsp3) is 0.818. The normalized spacial score (nSPS) is 35.8. The number of carbonyl (C=O) groups excluding carboxylic acids is 1. The molecule has 1 saturated heterocycles. The van der Waals surface area contributed by atoms with Gasteiger partial charge in [-0.05, 0) is 0 Å². The van der Waals surface area contributed by atoms with Gasteiger partial charge < -0.3 is 40.7 Å². The molecule has 1 aliphatic rings. The molecule has 1 fully saturated rings. The van der Waals surface area contributed by atoms with Crippen LogP contribution in [0, 0.1) is 0 Å². The summed E-state index contributed by atoms with van der Waals surface area (Å²) in [5, 5.41) is 59.0. The molecule has 122 valence electrons. The maximum Gasteiger partial charge on any atom is 0.364 e. The molecule has 0 radical (unpaired) electrons. The molecule has 0 aromatic rings. The Labute approximate surface area is 119 Å². The molecule has 21 heavy (non-hydrogen) atoms. The molecule has 1 amide bonds. The molecule has 0 spiro atoms. The smallest absolute Gasteiger partial charge is 0.364 e. The molecule has 7 N–H and O–H groups in total. The number of carboxylic acids is 1. The lowest BCUT2D eigenvalue weighted by Crippen LogP contribution is -2.67. The van der Waals surface area contributed by atoms with E-state index in [0.29, 0.717) is 0 Å². The number of amides is 1. The van der Waals surface area contributed by atoms with Gasteiger partial charge in [-0.1, -0.05) is 0 Å². The Bertz CT molecular complexity index is 403. The van der Waals surface area contributed by atoms with Crippen molar-refractivity contribution in [3.63, 3.8) is 0 Å². The predicted octanol–water partition coefficient (Wildman–Crippen LogP) is -3.87. The highest BCUT2D eigenvalue weighted by atomic mass is 16.7. The first-order valence-corrected chi connectivity index (χ1v) is 6.18. The molecule has 0 bridgehead atoms. The molecule has 10 nitrogen and oxygen atoms in total. The number of rotatable bonds is 5. The molecule has 0 aromatic carbocycles. The number of aliphatic hydroxyl groups excluding tert-OH is 4.